The zero-order chi connectivity index (χ0) is 11.3. The first kappa shape index (κ1) is 12.6. The minimum absolute atomic E-state index is 0.0559. The van der Waals surface area contributed by atoms with Gasteiger partial charge in [0.2, 0.25) is 0 Å². The summed E-state index contributed by atoms with van der Waals surface area (Å²) in [6, 6.07) is 4.92. The van der Waals surface area contributed by atoms with Crippen molar-refractivity contribution in [2.45, 2.75) is 0 Å². The lowest BCUT2D eigenvalue weighted by atomic mass is 10.1. The molecule has 1 nitrogen and oxygen atoms in total. The molecule has 0 N–H and O–H groups in total. The van der Waals surface area contributed by atoms with Crippen molar-refractivity contribution in [2.75, 3.05) is 11.5 Å². The van der Waals surface area contributed by atoms with Gasteiger partial charge in [-0.25, -0.2) is 0 Å². The molecule has 0 atom stereocenters. The van der Waals surface area contributed by atoms with E-state index in [2.05, 4.69) is 6.58 Å². The second kappa shape index (κ2) is 6.21. The fourth-order valence-electron chi connectivity index (χ4n) is 0.988. The molecule has 0 amide bonds. The van der Waals surface area contributed by atoms with Gasteiger partial charge in [-0.3, -0.25) is 4.79 Å². The van der Waals surface area contributed by atoms with Gasteiger partial charge < -0.3 is 0 Å². The SMILES string of the molecule is C=CCSCC(=O)c1ccc(Cl)c(Cl)c1. The lowest BCUT2D eigenvalue weighted by molar-refractivity contribution is 0.102. The number of carbonyl (C=O) groups excluding carboxylic acids is 1. The molecule has 4 heteroatoms. The van der Waals surface area contributed by atoms with Gasteiger partial charge in [0.25, 0.3) is 0 Å². The number of hydrogen-bond acceptors (Lipinski definition) is 2. The van der Waals surface area contributed by atoms with E-state index in [0.717, 1.165) is 5.75 Å². The van der Waals surface area contributed by atoms with Crippen LogP contribution in [0.25, 0.3) is 0 Å². The Balaban J connectivity index is 2.65. The predicted octanol–water partition coefficient (Wildman–Crippen LogP) is 4.10. The van der Waals surface area contributed by atoms with Crippen LogP contribution in [0.1, 0.15) is 10.4 Å². The second-order valence-electron chi connectivity index (χ2n) is 2.86. The number of thioether (sulfide) groups is 1. The normalized spacial score (nSPS) is 10.0. The van der Waals surface area contributed by atoms with Crippen LogP contribution in [-0.4, -0.2) is 17.3 Å². The van der Waals surface area contributed by atoms with Crippen LogP contribution < -0.4 is 0 Å². The standard InChI is InChI=1S/C11H10Cl2OS/c1-2-5-15-7-11(14)8-3-4-9(12)10(13)6-8/h2-4,6H,1,5,7H2. The Kier molecular flexibility index (Phi) is 5.23. The van der Waals surface area contributed by atoms with Crippen LogP contribution in [0, 0.1) is 0 Å². The molecule has 0 heterocycles. The first-order chi connectivity index (χ1) is 7.15. The van der Waals surface area contributed by atoms with Gasteiger partial charge in [-0.2, -0.15) is 0 Å². The summed E-state index contributed by atoms with van der Waals surface area (Å²) in [5.41, 5.74) is 0.598. The molecule has 0 aliphatic rings. The number of rotatable bonds is 5. The fourth-order valence-corrected chi connectivity index (χ4v) is 1.92. The molecule has 0 saturated heterocycles. The number of carbonyl (C=O) groups is 1. The highest BCUT2D eigenvalue weighted by atomic mass is 35.5. The third-order valence-electron chi connectivity index (χ3n) is 1.71. The third kappa shape index (κ3) is 3.90. The molecule has 80 valence electrons. The molecule has 1 rings (SSSR count). The van der Waals surface area contributed by atoms with Gasteiger partial charge in [0, 0.05) is 11.3 Å². The van der Waals surface area contributed by atoms with Crippen molar-refractivity contribution in [1.29, 1.82) is 0 Å². The van der Waals surface area contributed by atoms with Gasteiger partial charge in [0.15, 0.2) is 5.78 Å². The molecule has 0 saturated carbocycles. The summed E-state index contributed by atoms with van der Waals surface area (Å²) in [5, 5.41) is 0.878. The number of benzene rings is 1. The van der Waals surface area contributed by atoms with Crippen molar-refractivity contribution in [3.05, 3.63) is 46.5 Å². The topological polar surface area (TPSA) is 17.1 Å². The van der Waals surface area contributed by atoms with E-state index in [1.54, 1.807) is 24.3 Å². The summed E-state index contributed by atoms with van der Waals surface area (Å²) < 4.78 is 0. The molecule has 0 fully saturated rings. The van der Waals surface area contributed by atoms with E-state index >= 15 is 0 Å². The quantitative estimate of drug-likeness (QED) is 0.451. The molecule has 0 aliphatic heterocycles. The van der Waals surface area contributed by atoms with Crippen molar-refractivity contribution >= 4 is 40.7 Å². The lowest BCUT2D eigenvalue weighted by Crippen LogP contribution is -2.02. The molecule has 0 bridgehead atoms. The van der Waals surface area contributed by atoms with Crippen molar-refractivity contribution in [2.24, 2.45) is 0 Å². The van der Waals surface area contributed by atoms with Crippen molar-refractivity contribution in [3.8, 4) is 0 Å². The molecule has 0 radical (unpaired) electrons. The van der Waals surface area contributed by atoms with E-state index in [4.69, 9.17) is 23.2 Å². The van der Waals surface area contributed by atoms with E-state index in [1.165, 1.54) is 11.8 Å². The Hall–Kier alpha value is -0.440. The van der Waals surface area contributed by atoms with Gasteiger partial charge in [-0.1, -0.05) is 29.3 Å². The monoisotopic (exact) mass is 260 g/mol. The Labute approximate surface area is 103 Å². The van der Waals surface area contributed by atoms with Crippen LogP contribution in [0.15, 0.2) is 30.9 Å². The minimum atomic E-state index is 0.0559. The van der Waals surface area contributed by atoms with Crippen molar-refractivity contribution < 1.29 is 4.79 Å². The van der Waals surface area contributed by atoms with Gasteiger partial charge in [0.1, 0.15) is 0 Å². The zero-order valence-electron chi connectivity index (χ0n) is 8.00. The summed E-state index contributed by atoms with van der Waals surface area (Å²) in [5.74, 6) is 1.26. The van der Waals surface area contributed by atoms with Crippen LogP contribution in [0.5, 0.6) is 0 Å². The Morgan fingerprint density at radius 1 is 1.40 bits per heavy atom. The molecule has 15 heavy (non-hydrogen) atoms. The molecular weight excluding hydrogens is 251 g/mol. The van der Waals surface area contributed by atoms with Crippen LogP contribution in [0.3, 0.4) is 0 Å². The fraction of sp³-hybridized carbons (Fsp3) is 0.182. The summed E-state index contributed by atoms with van der Waals surface area (Å²) in [6.07, 6.45) is 1.77. The molecule has 0 aromatic heterocycles. The maximum absolute atomic E-state index is 11.6. The molecule has 0 spiro atoms. The highest BCUT2D eigenvalue weighted by Gasteiger charge is 2.07. The highest BCUT2D eigenvalue weighted by Crippen LogP contribution is 2.23. The summed E-state index contributed by atoms with van der Waals surface area (Å²) in [6.45, 7) is 3.59. The van der Waals surface area contributed by atoms with Crippen molar-refractivity contribution in [3.63, 3.8) is 0 Å². The molecular formula is C11H10Cl2OS. The minimum Gasteiger partial charge on any atom is -0.293 e. The predicted molar refractivity (Wildman–Crippen MR) is 68.3 cm³/mol. The zero-order valence-corrected chi connectivity index (χ0v) is 10.3. The smallest absolute Gasteiger partial charge is 0.172 e. The second-order valence-corrected chi connectivity index (χ2v) is 4.70. The van der Waals surface area contributed by atoms with Gasteiger partial charge in [0.05, 0.1) is 15.8 Å². The summed E-state index contributed by atoms with van der Waals surface area (Å²) in [4.78, 5) is 11.6. The van der Waals surface area contributed by atoms with E-state index in [9.17, 15) is 4.79 Å². The maximum Gasteiger partial charge on any atom is 0.172 e. The number of hydrogen-bond donors (Lipinski definition) is 0. The Morgan fingerprint density at radius 3 is 2.73 bits per heavy atom. The average molecular weight is 261 g/mol. The van der Waals surface area contributed by atoms with Gasteiger partial charge in [-0.05, 0) is 18.2 Å². The first-order valence-corrected chi connectivity index (χ1v) is 6.23. The summed E-state index contributed by atoms with van der Waals surface area (Å²) in [7, 11) is 0. The van der Waals surface area contributed by atoms with Crippen LogP contribution >= 0.6 is 35.0 Å². The number of halogens is 2. The average Bonchev–Trinajstić information content (AvgIpc) is 2.22. The molecule has 0 unspecified atom stereocenters. The van der Waals surface area contributed by atoms with Crippen LogP contribution in [-0.2, 0) is 0 Å². The molecule has 1 aromatic rings. The highest BCUT2D eigenvalue weighted by molar-refractivity contribution is 8.00. The van der Waals surface area contributed by atoms with E-state index in [-0.39, 0.29) is 5.78 Å². The number of Topliss-reactive ketones (excluding diaryl/α,β-unsaturated/α-hetero) is 1. The van der Waals surface area contributed by atoms with E-state index in [0.29, 0.717) is 21.4 Å². The summed E-state index contributed by atoms with van der Waals surface area (Å²) >= 11 is 13.1. The van der Waals surface area contributed by atoms with Gasteiger partial charge in [-0.15, -0.1) is 18.3 Å². The largest absolute Gasteiger partial charge is 0.293 e. The maximum atomic E-state index is 11.6. The van der Waals surface area contributed by atoms with E-state index < -0.39 is 0 Å². The van der Waals surface area contributed by atoms with Gasteiger partial charge >= 0.3 is 0 Å². The Bertz CT molecular complexity index is 377. The van der Waals surface area contributed by atoms with Crippen LogP contribution in [0.4, 0.5) is 0 Å². The van der Waals surface area contributed by atoms with E-state index in [1.807, 2.05) is 0 Å². The number of ketones is 1. The Morgan fingerprint density at radius 2 is 2.13 bits per heavy atom. The molecule has 0 aliphatic carbocycles. The first-order valence-electron chi connectivity index (χ1n) is 4.32. The molecule has 1 aromatic carbocycles. The van der Waals surface area contributed by atoms with Crippen molar-refractivity contribution in [1.82, 2.24) is 0 Å². The van der Waals surface area contributed by atoms with Crippen LogP contribution in [0.2, 0.25) is 10.0 Å². The third-order valence-corrected chi connectivity index (χ3v) is 3.39. The lowest BCUT2D eigenvalue weighted by Gasteiger charge is -2.01.